The first kappa shape index (κ1) is 26.4. The van der Waals surface area contributed by atoms with Gasteiger partial charge in [-0.15, -0.1) is 0 Å². The predicted octanol–water partition coefficient (Wildman–Crippen LogP) is 0.234. The summed E-state index contributed by atoms with van der Waals surface area (Å²) < 4.78 is 136. The van der Waals surface area contributed by atoms with Crippen LogP contribution in [0.25, 0.3) is 0 Å². The van der Waals surface area contributed by atoms with Crippen LogP contribution >= 0.6 is 0 Å². The molecule has 0 N–H and O–H groups in total. The van der Waals surface area contributed by atoms with Gasteiger partial charge in [0.25, 0.3) is 0 Å². The molecule has 0 amide bonds. The Hall–Kier alpha value is -1.66. The number of halogens is 8. The van der Waals surface area contributed by atoms with Gasteiger partial charge in [0.1, 0.15) is 5.82 Å². The summed E-state index contributed by atoms with van der Waals surface area (Å²) in [6.45, 7) is 0. The number of rotatable bonds is 4. The van der Waals surface area contributed by atoms with E-state index in [1.54, 1.807) is 6.07 Å². The highest BCUT2D eigenvalue weighted by Crippen LogP contribution is 2.26. The molecule has 0 bridgehead atoms. The van der Waals surface area contributed by atoms with Gasteiger partial charge in [0.15, 0.2) is 19.4 Å². The van der Waals surface area contributed by atoms with Crippen LogP contribution in [0, 0.1) is 13.0 Å². The molecular formula is C14H8F7IO6S2. The van der Waals surface area contributed by atoms with Crippen molar-refractivity contribution in [2.75, 3.05) is 0 Å². The molecule has 0 saturated heterocycles. The van der Waals surface area contributed by atoms with Crippen molar-refractivity contribution in [1.29, 1.82) is 0 Å². The standard InChI is InChI=1S/C13H8F4IO3S.CHF3O3S/c14-9-5-7-10(8-6-9)18-11-3-1-2-4-12(11)21-22(19,20)13(15,16)17;2-1(3,4)8(5,6)7/h1-8H;(H,5,6,7)/q+1;/p-1. The molecule has 6 nitrogen and oxygen atoms in total. The third-order valence-corrected chi connectivity index (χ3v) is 6.96. The molecule has 0 unspecified atom stereocenters. The van der Waals surface area contributed by atoms with Crippen molar-refractivity contribution in [2.24, 2.45) is 0 Å². The molecule has 0 radical (unpaired) electrons. The Labute approximate surface area is 175 Å². The van der Waals surface area contributed by atoms with Crippen LogP contribution in [0.5, 0.6) is 5.75 Å². The zero-order valence-corrected chi connectivity index (χ0v) is 17.7. The maximum Gasteiger partial charge on any atom is 0.534 e. The molecule has 168 valence electrons. The zero-order valence-electron chi connectivity index (χ0n) is 13.9. The van der Waals surface area contributed by atoms with Crippen molar-refractivity contribution >= 4 is 20.2 Å². The molecule has 16 heteroatoms. The Balaban J connectivity index is 0.000000479. The molecule has 2 aromatic carbocycles. The first-order chi connectivity index (χ1) is 13.4. The van der Waals surface area contributed by atoms with E-state index in [1.165, 1.54) is 36.4 Å². The van der Waals surface area contributed by atoms with Gasteiger partial charge in [0.2, 0.25) is 3.57 Å². The Morgan fingerprint density at radius 2 is 1.27 bits per heavy atom. The first-order valence-corrected chi connectivity index (χ1v) is 11.9. The lowest BCUT2D eigenvalue weighted by Crippen LogP contribution is -3.61. The number of para-hydroxylation sites is 1. The lowest BCUT2D eigenvalue weighted by atomic mass is 10.3. The summed E-state index contributed by atoms with van der Waals surface area (Å²) in [5.41, 5.74) is -11.1. The highest BCUT2D eigenvalue weighted by molar-refractivity contribution is 7.88. The summed E-state index contributed by atoms with van der Waals surface area (Å²) >= 11 is -1.02. The highest BCUT2D eigenvalue weighted by atomic mass is 127. The summed E-state index contributed by atoms with van der Waals surface area (Å²) in [5, 5.41) is 0. The topological polar surface area (TPSA) is 101 Å². The lowest BCUT2D eigenvalue weighted by molar-refractivity contribution is -0.598. The summed E-state index contributed by atoms with van der Waals surface area (Å²) in [5.74, 6) is -0.797. The molecule has 0 heterocycles. The van der Waals surface area contributed by atoms with E-state index in [4.69, 9.17) is 13.0 Å². The Bertz CT molecular complexity index is 1070. The van der Waals surface area contributed by atoms with E-state index in [0.717, 1.165) is 6.07 Å². The summed E-state index contributed by atoms with van der Waals surface area (Å²) in [6, 6.07) is 11.0. The minimum absolute atomic E-state index is 0.348. The smallest absolute Gasteiger partial charge is 0.534 e. The molecule has 0 saturated carbocycles. The van der Waals surface area contributed by atoms with Gasteiger partial charge in [-0.25, -0.2) is 12.8 Å². The van der Waals surface area contributed by atoms with E-state index >= 15 is 0 Å². The van der Waals surface area contributed by atoms with Crippen LogP contribution in [0.4, 0.5) is 30.7 Å². The van der Waals surface area contributed by atoms with Gasteiger partial charge in [-0.2, -0.15) is 34.8 Å². The zero-order chi connectivity index (χ0) is 23.4. The largest absolute Gasteiger partial charge is 0.741 e. The second-order valence-electron chi connectivity index (χ2n) is 4.84. The van der Waals surface area contributed by atoms with Gasteiger partial charge in [0.05, 0.1) is 0 Å². The molecule has 0 spiro atoms. The van der Waals surface area contributed by atoms with Gasteiger partial charge in [-0.1, -0.05) is 12.1 Å². The van der Waals surface area contributed by atoms with Gasteiger partial charge in [0, 0.05) is 0 Å². The minimum atomic E-state index is -6.09. The van der Waals surface area contributed by atoms with Crippen LogP contribution in [0.15, 0.2) is 48.5 Å². The quantitative estimate of drug-likeness (QED) is 0.165. The average Bonchev–Trinajstić information content (AvgIpc) is 2.56. The monoisotopic (exact) mass is 596 g/mol. The van der Waals surface area contributed by atoms with Gasteiger partial charge < -0.3 is 8.74 Å². The fourth-order valence-electron chi connectivity index (χ4n) is 1.37. The van der Waals surface area contributed by atoms with E-state index in [-0.39, 0.29) is 5.75 Å². The van der Waals surface area contributed by atoms with Crippen molar-refractivity contribution < 1.29 is 77.5 Å². The molecule has 0 fully saturated rings. The summed E-state index contributed by atoms with van der Waals surface area (Å²) in [4.78, 5) is 0. The van der Waals surface area contributed by atoms with Crippen LogP contribution in [-0.4, -0.2) is 32.4 Å². The van der Waals surface area contributed by atoms with Gasteiger partial charge in [-0.05, 0) is 36.4 Å². The van der Waals surface area contributed by atoms with E-state index in [9.17, 15) is 39.2 Å². The SMILES string of the molecule is O=S(=O)(Oc1ccccc1[I+]c1ccc(F)cc1)C(F)(F)F.O=S(=O)([O-])C(F)(F)F. The second-order valence-corrected chi connectivity index (χ2v) is 10.7. The summed E-state index contributed by atoms with van der Waals surface area (Å²) in [6.07, 6.45) is 0. The van der Waals surface area contributed by atoms with E-state index in [1.807, 2.05) is 0 Å². The number of hydrogen-bond donors (Lipinski definition) is 0. The van der Waals surface area contributed by atoms with Crippen molar-refractivity contribution in [2.45, 2.75) is 11.0 Å². The van der Waals surface area contributed by atoms with Gasteiger partial charge in [-0.3, -0.25) is 0 Å². The van der Waals surface area contributed by atoms with Crippen LogP contribution in [0.3, 0.4) is 0 Å². The Morgan fingerprint density at radius 3 is 1.70 bits per heavy atom. The van der Waals surface area contributed by atoms with Crippen molar-refractivity contribution in [3.63, 3.8) is 0 Å². The molecular weight excluding hydrogens is 588 g/mol. The molecule has 0 aromatic heterocycles. The third kappa shape index (κ3) is 7.88. The molecule has 0 aliphatic rings. The summed E-state index contributed by atoms with van der Waals surface area (Å²) in [7, 11) is -11.8. The van der Waals surface area contributed by atoms with Crippen LogP contribution in [0.2, 0.25) is 0 Å². The number of alkyl halides is 6. The maximum atomic E-state index is 12.8. The maximum absolute atomic E-state index is 12.8. The third-order valence-electron chi connectivity index (χ3n) is 2.62. The number of hydrogen-bond acceptors (Lipinski definition) is 6. The molecule has 30 heavy (non-hydrogen) atoms. The van der Waals surface area contributed by atoms with Crippen molar-refractivity contribution in [3.8, 4) is 5.75 Å². The molecule has 2 rings (SSSR count). The number of benzene rings is 2. The van der Waals surface area contributed by atoms with Crippen LogP contribution < -0.4 is 25.4 Å². The fourth-order valence-corrected chi connectivity index (χ4v) is 4.32. The normalized spacial score (nSPS) is 12.7. The van der Waals surface area contributed by atoms with E-state index < -0.39 is 58.3 Å². The van der Waals surface area contributed by atoms with E-state index in [2.05, 4.69) is 4.18 Å². The van der Waals surface area contributed by atoms with E-state index in [0.29, 0.717) is 7.14 Å². The highest BCUT2D eigenvalue weighted by Gasteiger charge is 2.49. The van der Waals surface area contributed by atoms with Gasteiger partial charge >= 0.3 is 42.3 Å². The lowest BCUT2D eigenvalue weighted by Gasteiger charge is -2.08. The van der Waals surface area contributed by atoms with Crippen LogP contribution in [0.1, 0.15) is 0 Å². The van der Waals surface area contributed by atoms with Crippen molar-refractivity contribution in [1.82, 2.24) is 0 Å². The molecule has 2 aromatic rings. The second kappa shape index (κ2) is 9.65. The van der Waals surface area contributed by atoms with Crippen LogP contribution in [-0.2, 0) is 20.2 Å². The minimum Gasteiger partial charge on any atom is -0.741 e. The predicted molar refractivity (Wildman–Crippen MR) is 81.6 cm³/mol. The van der Waals surface area contributed by atoms with Crippen molar-refractivity contribution in [3.05, 3.63) is 61.5 Å². The molecule has 0 aliphatic carbocycles. The Kier molecular flexibility index (Phi) is 8.48. The molecule has 0 aliphatic heterocycles. The first-order valence-electron chi connectivity index (χ1n) is 6.96. The average molecular weight is 596 g/mol. The Morgan fingerprint density at radius 1 is 0.800 bits per heavy atom. The fraction of sp³-hybridized carbons (Fsp3) is 0.143. The molecule has 0 atom stereocenters.